The minimum atomic E-state index is 0.889. The first kappa shape index (κ1) is 14.4. The minimum absolute atomic E-state index is 0.889. The van der Waals surface area contributed by atoms with Crippen molar-refractivity contribution in [1.82, 2.24) is 0 Å². The van der Waals surface area contributed by atoms with Gasteiger partial charge in [-0.25, -0.2) is 0 Å². The molecule has 0 aromatic rings. The van der Waals surface area contributed by atoms with Crippen molar-refractivity contribution in [3.05, 3.63) is 0 Å². The van der Waals surface area contributed by atoms with Crippen LogP contribution < -0.4 is 0 Å². The van der Waals surface area contributed by atoms with Crippen molar-refractivity contribution >= 4 is 0 Å². The summed E-state index contributed by atoms with van der Waals surface area (Å²) < 4.78 is 0. The number of rotatable bonds is 3. The Labute approximate surface area is 115 Å². The zero-order valence-electron chi connectivity index (χ0n) is 13.4. The first-order valence-electron chi connectivity index (χ1n) is 8.45. The van der Waals surface area contributed by atoms with E-state index in [1.165, 1.54) is 25.7 Å². The van der Waals surface area contributed by atoms with Crippen molar-refractivity contribution < 1.29 is 0 Å². The second-order valence-corrected chi connectivity index (χ2v) is 7.96. The largest absolute Gasteiger partial charge is 0.0651 e. The van der Waals surface area contributed by atoms with Crippen molar-refractivity contribution in [2.24, 2.45) is 47.3 Å². The highest BCUT2D eigenvalue weighted by Crippen LogP contribution is 2.56. The Hall–Kier alpha value is 0. The van der Waals surface area contributed by atoms with E-state index in [0.717, 1.165) is 47.3 Å². The molecule has 2 rings (SSSR count). The fourth-order valence-corrected chi connectivity index (χ4v) is 5.26. The van der Waals surface area contributed by atoms with E-state index in [2.05, 4.69) is 41.5 Å². The lowest BCUT2D eigenvalue weighted by atomic mass is 9.60. The van der Waals surface area contributed by atoms with Crippen LogP contribution in [-0.2, 0) is 0 Å². The highest BCUT2D eigenvalue weighted by molar-refractivity contribution is 4.97. The van der Waals surface area contributed by atoms with E-state index in [1.807, 2.05) is 0 Å². The summed E-state index contributed by atoms with van der Waals surface area (Å²) in [4.78, 5) is 0. The van der Waals surface area contributed by atoms with Crippen molar-refractivity contribution in [2.75, 3.05) is 0 Å². The van der Waals surface area contributed by atoms with Crippen molar-refractivity contribution in [3.63, 3.8) is 0 Å². The van der Waals surface area contributed by atoms with Gasteiger partial charge in [0, 0.05) is 0 Å². The molecule has 0 N–H and O–H groups in total. The lowest BCUT2D eigenvalue weighted by Gasteiger charge is -2.45. The number of fused-ring (bicyclic) bond motifs is 1. The predicted octanol–water partition coefficient (Wildman–Crippen LogP) is 5.62. The van der Waals surface area contributed by atoms with Crippen LogP contribution in [0.1, 0.15) is 67.2 Å². The molecule has 0 spiro atoms. The molecule has 7 atom stereocenters. The topological polar surface area (TPSA) is 0 Å². The summed E-state index contributed by atoms with van der Waals surface area (Å²) in [7, 11) is 0. The van der Waals surface area contributed by atoms with E-state index in [9.17, 15) is 0 Å². The van der Waals surface area contributed by atoms with Crippen LogP contribution >= 0.6 is 0 Å². The van der Waals surface area contributed by atoms with Crippen LogP contribution in [-0.4, -0.2) is 0 Å². The summed E-state index contributed by atoms with van der Waals surface area (Å²) in [5.74, 6) is 7.90. The van der Waals surface area contributed by atoms with Crippen LogP contribution in [0.25, 0.3) is 0 Å². The molecule has 2 fully saturated rings. The highest BCUT2D eigenvalue weighted by atomic mass is 14.5. The Bertz CT molecular complexity index is 267. The van der Waals surface area contributed by atoms with E-state index < -0.39 is 0 Å². The SMILES string of the molecule is CCC(C)C1CC(C(C)C)CC2C(C)CC(C)C12. The molecule has 2 aliphatic rings. The van der Waals surface area contributed by atoms with Gasteiger partial charge in [-0.05, 0) is 66.6 Å². The standard InChI is InChI=1S/C18H34/c1-7-12(4)16-9-15(11(2)3)10-17-13(5)8-14(6)18(16)17/h11-18H,7-10H2,1-6H3. The highest BCUT2D eigenvalue weighted by Gasteiger charge is 2.48. The molecule has 2 saturated carbocycles. The third kappa shape index (κ3) is 2.49. The summed E-state index contributed by atoms with van der Waals surface area (Å²) in [5, 5.41) is 0. The second kappa shape index (κ2) is 5.55. The normalized spacial score (nSPS) is 46.2. The summed E-state index contributed by atoms with van der Waals surface area (Å²) in [5.41, 5.74) is 0. The van der Waals surface area contributed by atoms with Gasteiger partial charge in [0.15, 0.2) is 0 Å². The van der Waals surface area contributed by atoms with Gasteiger partial charge < -0.3 is 0 Å². The average Bonchev–Trinajstić information content (AvgIpc) is 2.63. The van der Waals surface area contributed by atoms with Gasteiger partial charge in [0.25, 0.3) is 0 Å². The molecule has 0 nitrogen and oxygen atoms in total. The fraction of sp³-hybridized carbons (Fsp3) is 1.00. The average molecular weight is 250 g/mol. The Balaban J connectivity index is 2.20. The molecule has 0 amide bonds. The predicted molar refractivity (Wildman–Crippen MR) is 80.4 cm³/mol. The van der Waals surface area contributed by atoms with Gasteiger partial charge in [0.2, 0.25) is 0 Å². The maximum absolute atomic E-state index is 2.53. The summed E-state index contributed by atoms with van der Waals surface area (Å²) >= 11 is 0. The lowest BCUT2D eigenvalue weighted by molar-refractivity contribution is 0.0385. The molecule has 0 heteroatoms. The third-order valence-electron chi connectivity index (χ3n) is 6.59. The van der Waals surface area contributed by atoms with Crippen LogP contribution in [0.3, 0.4) is 0 Å². The van der Waals surface area contributed by atoms with Crippen LogP contribution in [0.15, 0.2) is 0 Å². The quantitative estimate of drug-likeness (QED) is 0.609. The molecule has 0 aliphatic heterocycles. The maximum atomic E-state index is 2.53. The molecule has 7 unspecified atom stereocenters. The maximum Gasteiger partial charge on any atom is -0.0326 e. The Morgan fingerprint density at radius 3 is 2.17 bits per heavy atom. The Kier molecular flexibility index (Phi) is 4.44. The minimum Gasteiger partial charge on any atom is -0.0651 e. The van der Waals surface area contributed by atoms with Crippen molar-refractivity contribution in [1.29, 1.82) is 0 Å². The monoisotopic (exact) mass is 250 g/mol. The van der Waals surface area contributed by atoms with E-state index in [-0.39, 0.29) is 0 Å². The van der Waals surface area contributed by atoms with Crippen molar-refractivity contribution in [2.45, 2.75) is 67.2 Å². The number of hydrogen-bond donors (Lipinski definition) is 0. The van der Waals surface area contributed by atoms with Gasteiger partial charge in [-0.15, -0.1) is 0 Å². The summed E-state index contributed by atoms with van der Waals surface area (Å²) in [6.07, 6.45) is 5.92. The van der Waals surface area contributed by atoms with E-state index in [0.29, 0.717) is 0 Å². The van der Waals surface area contributed by atoms with Gasteiger partial charge in [0.05, 0.1) is 0 Å². The van der Waals surface area contributed by atoms with Crippen LogP contribution in [0.5, 0.6) is 0 Å². The summed E-state index contributed by atoms with van der Waals surface area (Å²) in [6.45, 7) is 14.9. The van der Waals surface area contributed by atoms with Gasteiger partial charge in [0.1, 0.15) is 0 Å². The van der Waals surface area contributed by atoms with Crippen molar-refractivity contribution in [3.8, 4) is 0 Å². The zero-order valence-corrected chi connectivity index (χ0v) is 13.4. The summed E-state index contributed by atoms with van der Waals surface area (Å²) in [6, 6.07) is 0. The molecule has 0 saturated heterocycles. The molecule has 0 bridgehead atoms. The molecular formula is C18H34. The van der Waals surface area contributed by atoms with E-state index in [4.69, 9.17) is 0 Å². The zero-order chi connectivity index (χ0) is 13.4. The van der Waals surface area contributed by atoms with Gasteiger partial charge in [-0.1, -0.05) is 48.0 Å². The molecule has 0 radical (unpaired) electrons. The molecule has 0 aromatic carbocycles. The number of hydrogen-bond acceptors (Lipinski definition) is 0. The first-order valence-corrected chi connectivity index (χ1v) is 8.45. The van der Waals surface area contributed by atoms with Crippen LogP contribution in [0, 0.1) is 47.3 Å². The molecule has 0 heterocycles. The van der Waals surface area contributed by atoms with Gasteiger partial charge in [-0.3, -0.25) is 0 Å². The first-order chi connectivity index (χ1) is 8.45. The van der Waals surface area contributed by atoms with Crippen LogP contribution in [0.2, 0.25) is 0 Å². The van der Waals surface area contributed by atoms with E-state index in [1.54, 1.807) is 0 Å². The van der Waals surface area contributed by atoms with Gasteiger partial charge >= 0.3 is 0 Å². The molecule has 106 valence electrons. The van der Waals surface area contributed by atoms with E-state index >= 15 is 0 Å². The smallest absolute Gasteiger partial charge is 0.0326 e. The Morgan fingerprint density at radius 1 is 0.944 bits per heavy atom. The fourth-order valence-electron chi connectivity index (χ4n) is 5.26. The van der Waals surface area contributed by atoms with Gasteiger partial charge in [-0.2, -0.15) is 0 Å². The second-order valence-electron chi connectivity index (χ2n) is 7.96. The Morgan fingerprint density at radius 2 is 1.61 bits per heavy atom. The lowest BCUT2D eigenvalue weighted by Crippen LogP contribution is -2.38. The molecule has 2 aliphatic carbocycles. The van der Waals surface area contributed by atoms with Crippen LogP contribution in [0.4, 0.5) is 0 Å². The molecular weight excluding hydrogens is 216 g/mol. The third-order valence-corrected chi connectivity index (χ3v) is 6.59. The molecule has 18 heavy (non-hydrogen) atoms. The molecule has 0 aromatic heterocycles.